The molecule has 3 aromatic rings. The number of imidazole rings is 1. The molecule has 38 heavy (non-hydrogen) atoms. The van der Waals surface area contributed by atoms with E-state index in [-0.39, 0.29) is 11.9 Å². The summed E-state index contributed by atoms with van der Waals surface area (Å²) in [4.78, 5) is 35.7. The molecule has 8 heteroatoms. The van der Waals surface area contributed by atoms with Crippen molar-refractivity contribution in [3.05, 3.63) is 77.2 Å². The Balaban J connectivity index is 1.42. The molecule has 3 heterocycles. The van der Waals surface area contributed by atoms with Crippen LogP contribution in [0.4, 0.5) is 4.79 Å². The second-order valence-corrected chi connectivity index (χ2v) is 9.57. The van der Waals surface area contributed by atoms with Crippen LogP contribution in [0, 0.1) is 11.8 Å². The average molecular weight is 513 g/mol. The fraction of sp³-hybridized carbons (Fsp3) is 0.367. The SMILES string of the molecule is COC(=O)N[C@H]1CCCCOCc2[nH]c(nc2-c2ccc(C#Cc3ccccc3)cc2)[C@@H]2CCCN2C1=O. The van der Waals surface area contributed by atoms with E-state index in [4.69, 9.17) is 14.5 Å². The molecule has 1 fully saturated rings. The van der Waals surface area contributed by atoms with Gasteiger partial charge in [-0.2, -0.15) is 0 Å². The first-order valence-corrected chi connectivity index (χ1v) is 13.1. The molecule has 2 amide bonds. The monoisotopic (exact) mass is 512 g/mol. The van der Waals surface area contributed by atoms with Gasteiger partial charge in [0.1, 0.15) is 11.9 Å². The van der Waals surface area contributed by atoms with E-state index >= 15 is 0 Å². The van der Waals surface area contributed by atoms with Crippen molar-refractivity contribution < 1.29 is 19.1 Å². The van der Waals surface area contributed by atoms with E-state index < -0.39 is 12.1 Å². The number of carbonyl (C=O) groups excluding carboxylic acids is 2. The quantitative estimate of drug-likeness (QED) is 0.491. The van der Waals surface area contributed by atoms with Gasteiger partial charge in [-0.05, 0) is 56.4 Å². The molecule has 2 aromatic carbocycles. The molecule has 0 aliphatic carbocycles. The minimum absolute atomic E-state index is 0.0982. The number of hydrogen-bond donors (Lipinski definition) is 2. The number of carbonyl (C=O) groups is 2. The molecular weight excluding hydrogens is 480 g/mol. The van der Waals surface area contributed by atoms with Crippen LogP contribution in [-0.4, -0.2) is 53.2 Å². The first-order chi connectivity index (χ1) is 18.6. The topological polar surface area (TPSA) is 96.6 Å². The summed E-state index contributed by atoms with van der Waals surface area (Å²) in [6.45, 7) is 1.58. The molecule has 8 nitrogen and oxygen atoms in total. The predicted octanol–water partition coefficient (Wildman–Crippen LogP) is 4.57. The van der Waals surface area contributed by atoms with Gasteiger partial charge in [0.2, 0.25) is 5.91 Å². The van der Waals surface area contributed by atoms with Crippen LogP contribution in [0.3, 0.4) is 0 Å². The van der Waals surface area contributed by atoms with Gasteiger partial charge in [-0.1, -0.05) is 42.2 Å². The number of benzene rings is 2. The van der Waals surface area contributed by atoms with Gasteiger partial charge in [0.05, 0.1) is 31.1 Å². The lowest BCUT2D eigenvalue weighted by Crippen LogP contribution is -2.48. The molecule has 2 N–H and O–H groups in total. The Hall–Kier alpha value is -4.09. The number of nitrogens with zero attached hydrogens (tertiary/aromatic N) is 2. The number of fused-ring (bicyclic) bond motifs is 4. The zero-order valence-electron chi connectivity index (χ0n) is 21.5. The van der Waals surface area contributed by atoms with Crippen LogP contribution in [0.25, 0.3) is 11.3 Å². The number of alkyl carbamates (subject to hydrolysis) is 1. The number of amides is 2. The van der Waals surface area contributed by atoms with E-state index in [1.54, 1.807) is 0 Å². The summed E-state index contributed by atoms with van der Waals surface area (Å²) in [5, 5.41) is 2.73. The van der Waals surface area contributed by atoms with Gasteiger partial charge in [0.25, 0.3) is 0 Å². The Morgan fingerprint density at radius 1 is 1.05 bits per heavy atom. The van der Waals surface area contributed by atoms with Crippen molar-refractivity contribution in [3.8, 4) is 23.1 Å². The molecule has 0 spiro atoms. The zero-order chi connectivity index (χ0) is 26.3. The highest BCUT2D eigenvalue weighted by Gasteiger charge is 2.36. The fourth-order valence-corrected chi connectivity index (χ4v) is 5.01. The minimum atomic E-state index is -0.637. The normalized spacial score (nSPS) is 19.7. The number of ether oxygens (including phenoxy) is 2. The lowest BCUT2D eigenvalue weighted by atomic mass is 10.1. The highest BCUT2D eigenvalue weighted by atomic mass is 16.5. The molecular formula is C30H32N4O4. The van der Waals surface area contributed by atoms with Crippen molar-refractivity contribution in [1.82, 2.24) is 20.2 Å². The standard InChI is InChI=1S/C30H32N4O4/c1-37-30(36)32-24-10-5-6-19-38-20-25-27(33-28(31-25)26-11-7-18-34(26)29(24)35)23-16-14-22(15-17-23)13-12-21-8-3-2-4-9-21/h2-4,8-9,14-17,24,26H,5-7,10-11,18-20H2,1H3,(H,31,33)(H,32,36)/t24-,26-/m0/s1. The predicted molar refractivity (Wildman–Crippen MR) is 143 cm³/mol. The van der Waals surface area contributed by atoms with Crippen LogP contribution in [0.1, 0.15) is 60.8 Å². The van der Waals surface area contributed by atoms with Crippen LogP contribution in [0.15, 0.2) is 54.6 Å². The number of aromatic amines is 1. The van der Waals surface area contributed by atoms with Crippen molar-refractivity contribution in [2.45, 2.75) is 50.8 Å². The Bertz CT molecular complexity index is 1320. The van der Waals surface area contributed by atoms with Gasteiger partial charge in [-0.15, -0.1) is 0 Å². The molecule has 1 saturated heterocycles. The van der Waals surface area contributed by atoms with Crippen LogP contribution in [0.5, 0.6) is 0 Å². The molecule has 2 aliphatic rings. The van der Waals surface area contributed by atoms with E-state index in [0.29, 0.717) is 26.2 Å². The first-order valence-electron chi connectivity index (χ1n) is 13.1. The number of aromatic nitrogens is 2. The summed E-state index contributed by atoms with van der Waals surface area (Å²) in [5.41, 5.74) is 4.57. The molecule has 0 saturated carbocycles. The molecule has 0 unspecified atom stereocenters. The van der Waals surface area contributed by atoms with Gasteiger partial charge in [0, 0.05) is 29.8 Å². The lowest BCUT2D eigenvalue weighted by molar-refractivity contribution is -0.134. The van der Waals surface area contributed by atoms with Crippen molar-refractivity contribution in [3.63, 3.8) is 0 Å². The van der Waals surface area contributed by atoms with Gasteiger partial charge in [-0.25, -0.2) is 9.78 Å². The molecule has 5 rings (SSSR count). The third kappa shape index (κ3) is 5.90. The Morgan fingerprint density at radius 3 is 2.58 bits per heavy atom. The molecule has 2 bridgehead atoms. The van der Waals surface area contributed by atoms with Crippen LogP contribution >= 0.6 is 0 Å². The maximum Gasteiger partial charge on any atom is 0.407 e. The lowest BCUT2D eigenvalue weighted by Gasteiger charge is -2.28. The zero-order valence-corrected chi connectivity index (χ0v) is 21.5. The molecule has 2 aliphatic heterocycles. The van der Waals surface area contributed by atoms with Crippen molar-refractivity contribution in [2.24, 2.45) is 0 Å². The second-order valence-electron chi connectivity index (χ2n) is 9.57. The molecule has 2 atom stereocenters. The molecule has 196 valence electrons. The van der Waals surface area contributed by atoms with E-state index in [9.17, 15) is 9.59 Å². The number of nitrogens with one attached hydrogen (secondary N) is 2. The van der Waals surface area contributed by atoms with Gasteiger partial charge in [-0.3, -0.25) is 4.79 Å². The average Bonchev–Trinajstić information content (AvgIpc) is 3.60. The smallest absolute Gasteiger partial charge is 0.407 e. The van der Waals surface area contributed by atoms with Crippen molar-refractivity contribution in [1.29, 1.82) is 0 Å². The van der Waals surface area contributed by atoms with Crippen LogP contribution < -0.4 is 5.32 Å². The van der Waals surface area contributed by atoms with Gasteiger partial charge >= 0.3 is 6.09 Å². The molecule has 1 aromatic heterocycles. The first kappa shape index (κ1) is 25.6. The minimum Gasteiger partial charge on any atom is -0.453 e. The summed E-state index contributed by atoms with van der Waals surface area (Å²) >= 11 is 0. The summed E-state index contributed by atoms with van der Waals surface area (Å²) in [6, 6.07) is 17.1. The summed E-state index contributed by atoms with van der Waals surface area (Å²) in [7, 11) is 1.31. The number of rotatable bonds is 2. The summed E-state index contributed by atoms with van der Waals surface area (Å²) < 4.78 is 10.8. The van der Waals surface area contributed by atoms with E-state index in [0.717, 1.165) is 59.6 Å². The highest BCUT2D eigenvalue weighted by molar-refractivity contribution is 5.86. The van der Waals surface area contributed by atoms with Gasteiger partial charge < -0.3 is 24.7 Å². The van der Waals surface area contributed by atoms with E-state index in [1.807, 2.05) is 59.5 Å². The van der Waals surface area contributed by atoms with Crippen LogP contribution in [0.2, 0.25) is 0 Å². The highest BCUT2D eigenvalue weighted by Crippen LogP contribution is 2.34. The van der Waals surface area contributed by atoms with Crippen molar-refractivity contribution in [2.75, 3.05) is 20.3 Å². The molecule has 0 radical (unpaired) electrons. The van der Waals surface area contributed by atoms with E-state index in [1.165, 1.54) is 7.11 Å². The summed E-state index contributed by atoms with van der Waals surface area (Å²) in [6.07, 6.45) is 3.15. The third-order valence-corrected chi connectivity index (χ3v) is 6.99. The Kier molecular flexibility index (Phi) is 8.05. The maximum atomic E-state index is 13.5. The Morgan fingerprint density at radius 2 is 1.82 bits per heavy atom. The number of H-pyrrole nitrogens is 1. The fourth-order valence-electron chi connectivity index (χ4n) is 5.01. The largest absolute Gasteiger partial charge is 0.453 e. The second kappa shape index (κ2) is 12.0. The number of methoxy groups -OCH3 is 1. The van der Waals surface area contributed by atoms with E-state index in [2.05, 4.69) is 22.1 Å². The third-order valence-electron chi connectivity index (χ3n) is 6.99. The van der Waals surface area contributed by atoms with Crippen molar-refractivity contribution >= 4 is 12.0 Å². The summed E-state index contributed by atoms with van der Waals surface area (Å²) in [5.74, 6) is 7.05. The maximum absolute atomic E-state index is 13.5. The Labute approximate surface area is 222 Å². The van der Waals surface area contributed by atoms with Gasteiger partial charge in [0.15, 0.2) is 0 Å². The number of hydrogen-bond acceptors (Lipinski definition) is 5. The van der Waals surface area contributed by atoms with Crippen LogP contribution in [-0.2, 0) is 20.9 Å².